The zero-order valence-electron chi connectivity index (χ0n) is 11.9. The maximum absolute atomic E-state index is 12.0. The van der Waals surface area contributed by atoms with E-state index in [1.165, 1.54) is 38.5 Å². The molecule has 0 aliphatic carbocycles. The second-order valence-corrected chi connectivity index (χ2v) is 6.12. The first-order valence-electron chi connectivity index (χ1n) is 6.21. The largest absolute Gasteiger partial charge is 0.469 e. The molecule has 0 fully saturated rings. The van der Waals surface area contributed by atoms with Crippen LogP contribution in [0, 0.1) is 0 Å². The highest BCUT2D eigenvalue weighted by Gasteiger charge is 2.16. The Kier molecular flexibility index (Phi) is 6.76. The highest BCUT2D eigenvalue weighted by Crippen LogP contribution is 2.11. The lowest BCUT2D eigenvalue weighted by Gasteiger charge is -2.11. The Balaban J connectivity index is 2.69. The normalized spacial score (nSPS) is 12.9. The molecule has 0 saturated carbocycles. The van der Waals surface area contributed by atoms with Crippen LogP contribution in [0.3, 0.4) is 0 Å². The quantitative estimate of drug-likeness (QED) is 0.638. The average Bonchev–Trinajstić information content (AvgIpc) is 2.46. The number of sulfonamides is 1. The smallest absolute Gasteiger partial charge is 0.309 e. The minimum absolute atomic E-state index is 0.0422. The van der Waals surface area contributed by atoms with Crippen LogP contribution in [0.25, 0.3) is 0 Å². The number of hydrogen-bond donors (Lipinski definition) is 2. The van der Waals surface area contributed by atoms with Crippen LogP contribution in [0.5, 0.6) is 0 Å². The second-order valence-electron chi connectivity index (χ2n) is 4.36. The Bertz CT molecular complexity index is 555. The van der Waals surface area contributed by atoms with Gasteiger partial charge in [0.25, 0.3) is 0 Å². The van der Waals surface area contributed by atoms with E-state index in [1.807, 2.05) is 0 Å². The fraction of sp³-hybridized carbons (Fsp3) is 0.462. The molecule has 0 spiro atoms. The molecule has 0 radical (unpaired) electrons. The number of benzene rings is 1. The molecule has 0 aromatic heterocycles. The van der Waals surface area contributed by atoms with Crippen molar-refractivity contribution in [2.24, 2.45) is 0 Å². The fourth-order valence-corrected chi connectivity index (χ4v) is 2.64. The van der Waals surface area contributed by atoms with Gasteiger partial charge in [-0.2, -0.15) is 0 Å². The number of carbonyl (C=O) groups excluding carboxylic acids is 1. The van der Waals surface area contributed by atoms with Crippen molar-refractivity contribution in [3.05, 3.63) is 29.8 Å². The number of aliphatic hydroxyl groups excluding tert-OH is 1. The fourth-order valence-electron chi connectivity index (χ4n) is 1.57. The summed E-state index contributed by atoms with van der Waals surface area (Å²) in [5, 5.41) is 9.43. The van der Waals surface area contributed by atoms with Crippen LogP contribution in [-0.2, 0) is 30.7 Å². The first-order valence-corrected chi connectivity index (χ1v) is 7.69. The molecule has 0 bridgehead atoms. The molecular weight excluding hydrogens is 298 g/mol. The highest BCUT2D eigenvalue weighted by atomic mass is 32.2. The molecule has 118 valence electrons. The molecular formula is C13H19NO6S. The van der Waals surface area contributed by atoms with E-state index in [0.29, 0.717) is 5.56 Å². The number of carbonyl (C=O) groups is 1. The molecule has 0 amide bonds. The van der Waals surface area contributed by atoms with E-state index in [1.54, 1.807) is 0 Å². The molecule has 8 heteroatoms. The molecule has 0 aliphatic heterocycles. The first kappa shape index (κ1) is 17.6. The number of methoxy groups -OCH3 is 2. The van der Waals surface area contributed by atoms with Gasteiger partial charge in [-0.05, 0) is 17.7 Å². The maximum atomic E-state index is 12.0. The van der Waals surface area contributed by atoms with E-state index in [-0.39, 0.29) is 24.5 Å². The third kappa shape index (κ3) is 5.80. The van der Waals surface area contributed by atoms with Crippen molar-refractivity contribution in [1.29, 1.82) is 0 Å². The number of rotatable bonds is 8. The van der Waals surface area contributed by atoms with Gasteiger partial charge in [-0.3, -0.25) is 4.79 Å². The van der Waals surface area contributed by atoms with Gasteiger partial charge in [0.15, 0.2) is 0 Å². The molecule has 0 aliphatic rings. The Morgan fingerprint density at radius 2 is 1.90 bits per heavy atom. The van der Waals surface area contributed by atoms with Crippen LogP contribution in [0.1, 0.15) is 5.56 Å². The van der Waals surface area contributed by atoms with Crippen LogP contribution < -0.4 is 4.72 Å². The summed E-state index contributed by atoms with van der Waals surface area (Å²) in [5.74, 6) is -0.397. The minimum Gasteiger partial charge on any atom is -0.469 e. The number of ether oxygens (including phenoxy) is 2. The van der Waals surface area contributed by atoms with Crippen LogP contribution in [0.4, 0.5) is 0 Å². The average molecular weight is 317 g/mol. The van der Waals surface area contributed by atoms with Crippen molar-refractivity contribution in [2.75, 3.05) is 27.4 Å². The summed E-state index contributed by atoms with van der Waals surface area (Å²) in [6, 6.07) is 5.86. The van der Waals surface area contributed by atoms with E-state index in [4.69, 9.17) is 4.74 Å². The number of nitrogens with one attached hydrogen (secondary N) is 1. The zero-order valence-corrected chi connectivity index (χ0v) is 12.7. The lowest BCUT2D eigenvalue weighted by atomic mass is 10.2. The van der Waals surface area contributed by atoms with Crippen molar-refractivity contribution in [3.63, 3.8) is 0 Å². The lowest BCUT2D eigenvalue weighted by Crippen LogP contribution is -2.34. The number of esters is 1. The summed E-state index contributed by atoms with van der Waals surface area (Å²) in [5.41, 5.74) is 0.653. The van der Waals surface area contributed by atoms with E-state index in [2.05, 4.69) is 9.46 Å². The summed E-state index contributed by atoms with van der Waals surface area (Å²) in [4.78, 5) is 11.2. The first-order chi connectivity index (χ1) is 9.89. The van der Waals surface area contributed by atoms with Gasteiger partial charge in [-0.15, -0.1) is 0 Å². The van der Waals surface area contributed by atoms with Gasteiger partial charge in [0.1, 0.15) is 0 Å². The van der Waals surface area contributed by atoms with E-state index in [0.717, 1.165) is 0 Å². The van der Waals surface area contributed by atoms with Crippen LogP contribution >= 0.6 is 0 Å². The molecule has 2 N–H and O–H groups in total. The molecule has 1 aromatic carbocycles. The third-order valence-electron chi connectivity index (χ3n) is 2.68. The van der Waals surface area contributed by atoms with Crippen molar-refractivity contribution in [1.82, 2.24) is 4.72 Å². The van der Waals surface area contributed by atoms with Gasteiger partial charge in [0, 0.05) is 13.7 Å². The Morgan fingerprint density at radius 1 is 1.29 bits per heavy atom. The number of aliphatic hydroxyl groups is 1. The van der Waals surface area contributed by atoms with Crippen LogP contribution in [0.2, 0.25) is 0 Å². The van der Waals surface area contributed by atoms with Crippen LogP contribution in [-0.4, -0.2) is 53.0 Å². The van der Waals surface area contributed by atoms with Crippen molar-refractivity contribution < 1.29 is 27.8 Å². The summed E-state index contributed by atoms with van der Waals surface area (Å²) in [7, 11) is -1.00. The summed E-state index contributed by atoms with van der Waals surface area (Å²) < 4.78 is 35.5. The monoisotopic (exact) mass is 317 g/mol. The molecule has 1 rings (SSSR count). The Morgan fingerprint density at radius 3 is 2.43 bits per heavy atom. The van der Waals surface area contributed by atoms with Gasteiger partial charge in [-0.25, -0.2) is 13.1 Å². The molecule has 1 aromatic rings. The topological polar surface area (TPSA) is 102 Å². The van der Waals surface area contributed by atoms with Gasteiger partial charge in [0.2, 0.25) is 10.0 Å². The van der Waals surface area contributed by atoms with Gasteiger partial charge < -0.3 is 14.6 Å². The van der Waals surface area contributed by atoms with Crippen LogP contribution in [0.15, 0.2) is 29.2 Å². The molecule has 1 atom stereocenters. The number of hydrogen-bond acceptors (Lipinski definition) is 6. The van der Waals surface area contributed by atoms with E-state index >= 15 is 0 Å². The zero-order chi connectivity index (χ0) is 15.9. The van der Waals surface area contributed by atoms with E-state index < -0.39 is 22.1 Å². The Labute approximate surface area is 123 Å². The molecule has 1 unspecified atom stereocenters. The molecule has 7 nitrogen and oxygen atoms in total. The SMILES string of the molecule is COCC(O)CNS(=O)(=O)c1ccc(CC(=O)OC)cc1. The van der Waals surface area contributed by atoms with Gasteiger partial charge in [-0.1, -0.05) is 12.1 Å². The summed E-state index contributed by atoms with van der Waals surface area (Å²) in [6.07, 6.45) is -0.833. The lowest BCUT2D eigenvalue weighted by molar-refractivity contribution is -0.139. The van der Waals surface area contributed by atoms with Gasteiger partial charge >= 0.3 is 5.97 Å². The highest BCUT2D eigenvalue weighted by molar-refractivity contribution is 7.89. The van der Waals surface area contributed by atoms with Crippen molar-refractivity contribution in [2.45, 2.75) is 17.4 Å². The summed E-state index contributed by atoms with van der Waals surface area (Å²) in [6.45, 7) is -0.0966. The summed E-state index contributed by atoms with van der Waals surface area (Å²) >= 11 is 0. The molecule has 0 saturated heterocycles. The third-order valence-corrected chi connectivity index (χ3v) is 4.12. The second kappa shape index (κ2) is 8.08. The molecule has 21 heavy (non-hydrogen) atoms. The Hall–Kier alpha value is -1.48. The van der Waals surface area contributed by atoms with Crippen molar-refractivity contribution >= 4 is 16.0 Å². The maximum Gasteiger partial charge on any atom is 0.309 e. The molecule has 0 heterocycles. The predicted molar refractivity (Wildman–Crippen MR) is 75.2 cm³/mol. The predicted octanol–water partition coefficient (Wildman–Crippen LogP) is -0.312. The standard InChI is InChI=1S/C13H19NO6S/c1-19-9-11(15)8-14-21(17,18)12-5-3-10(4-6-12)7-13(16)20-2/h3-6,11,14-15H,7-9H2,1-2H3. The van der Waals surface area contributed by atoms with E-state index in [9.17, 15) is 18.3 Å². The van der Waals surface area contributed by atoms with Crippen molar-refractivity contribution in [3.8, 4) is 0 Å². The minimum atomic E-state index is -3.71. The van der Waals surface area contributed by atoms with Gasteiger partial charge in [0.05, 0.1) is 31.1 Å².